The molecule has 0 saturated heterocycles. The largest absolute Gasteiger partial charge is 0.465 e. The highest BCUT2D eigenvalue weighted by atomic mass is 32.1. The summed E-state index contributed by atoms with van der Waals surface area (Å²) < 4.78 is 9.00. The Kier molecular flexibility index (Phi) is 3.66. The van der Waals surface area contributed by atoms with Crippen LogP contribution < -0.4 is 5.32 Å². The van der Waals surface area contributed by atoms with E-state index in [1.165, 1.54) is 7.11 Å². The lowest BCUT2D eigenvalue weighted by atomic mass is 10.2. The first-order chi connectivity index (χ1) is 10.2. The van der Waals surface area contributed by atoms with Gasteiger partial charge in [0.05, 0.1) is 18.5 Å². The Bertz CT molecular complexity index is 680. The lowest BCUT2D eigenvalue weighted by Crippen LogP contribution is -2.16. The summed E-state index contributed by atoms with van der Waals surface area (Å²) in [7, 11) is 1.30. The van der Waals surface area contributed by atoms with Gasteiger partial charge in [-0.15, -0.1) is 0 Å². The Morgan fingerprint density at radius 3 is 2.81 bits per heavy atom. The van der Waals surface area contributed by atoms with E-state index in [4.69, 9.17) is 4.74 Å². The van der Waals surface area contributed by atoms with E-state index in [1.807, 2.05) is 6.07 Å². The molecule has 1 aliphatic rings. The van der Waals surface area contributed by atoms with Crippen LogP contribution in [0.25, 0.3) is 11.4 Å². The van der Waals surface area contributed by atoms with Gasteiger partial charge >= 0.3 is 5.97 Å². The third-order valence-corrected chi connectivity index (χ3v) is 3.99. The number of carbonyl (C=O) groups is 2. The van der Waals surface area contributed by atoms with Crippen molar-refractivity contribution in [2.45, 2.75) is 12.8 Å². The summed E-state index contributed by atoms with van der Waals surface area (Å²) in [6.07, 6.45) is 3.41. The number of rotatable bonds is 4. The summed E-state index contributed by atoms with van der Waals surface area (Å²) in [5.41, 5.74) is 1.49. The van der Waals surface area contributed by atoms with E-state index in [-0.39, 0.29) is 16.7 Å². The number of anilines is 1. The quantitative estimate of drug-likeness (QED) is 0.877. The summed E-state index contributed by atoms with van der Waals surface area (Å²) in [6.45, 7) is 0. The molecule has 0 radical (unpaired) electrons. The molecule has 1 N–H and O–H groups in total. The maximum Gasteiger partial charge on any atom is 0.351 e. The molecule has 6 nitrogen and oxygen atoms in total. The predicted octanol–water partition coefficient (Wildman–Crippen LogP) is 2.34. The monoisotopic (exact) mass is 303 g/mol. The molecule has 1 aliphatic carbocycles. The van der Waals surface area contributed by atoms with Crippen LogP contribution in [0.2, 0.25) is 0 Å². The first kappa shape index (κ1) is 13.7. The lowest BCUT2D eigenvalue weighted by Gasteiger charge is -2.06. The zero-order valence-corrected chi connectivity index (χ0v) is 12.1. The minimum atomic E-state index is -0.513. The molecule has 7 heteroatoms. The third-order valence-electron chi connectivity index (χ3n) is 3.17. The Labute approximate surface area is 125 Å². The topological polar surface area (TPSA) is 81.2 Å². The SMILES string of the molecule is COC(=O)c1snc(-c2ccccn2)c1NC(=O)C1CC1. The van der Waals surface area contributed by atoms with Gasteiger partial charge in [-0.3, -0.25) is 9.78 Å². The van der Waals surface area contributed by atoms with Crippen LogP contribution in [0.4, 0.5) is 5.69 Å². The van der Waals surface area contributed by atoms with Crippen LogP contribution >= 0.6 is 11.5 Å². The van der Waals surface area contributed by atoms with Gasteiger partial charge in [0, 0.05) is 12.1 Å². The molecule has 0 atom stereocenters. The Balaban J connectivity index is 2.01. The predicted molar refractivity (Wildman–Crippen MR) is 78.0 cm³/mol. The van der Waals surface area contributed by atoms with Crippen LogP contribution in [0.1, 0.15) is 22.5 Å². The number of hydrogen-bond donors (Lipinski definition) is 1. The first-order valence-corrected chi connectivity index (χ1v) is 7.28. The van der Waals surface area contributed by atoms with Gasteiger partial charge < -0.3 is 10.1 Å². The molecule has 1 saturated carbocycles. The van der Waals surface area contributed by atoms with Crippen molar-refractivity contribution in [3.63, 3.8) is 0 Å². The van der Waals surface area contributed by atoms with Crippen LogP contribution in [0, 0.1) is 5.92 Å². The number of esters is 1. The Hall–Kier alpha value is -2.28. The number of nitrogens with zero attached hydrogens (tertiary/aromatic N) is 2. The molecular weight excluding hydrogens is 290 g/mol. The van der Waals surface area contributed by atoms with Gasteiger partial charge in [0.1, 0.15) is 5.69 Å². The average molecular weight is 303 g/mol. The first-order valence-electron chi connectivity index (χ1n) is 6.51. The van der Waals surface area contributed by atoms with Crippen LogP contribution in [0.15, 0.2) is 24.4 Å². The lowest BCUT2D eigenvalue weighted by molar-refractivity contribution is -0.117. The molecule has 108 valence electrons. The molecule has 2 heterocycles. The van der Waals surface area contributed by atoms with E-state index in [0.29, 0.717) is 17.1 Å². The average Bonchev–Trinajstić information content (AvgIpc) is 3.29. The molecule has 21 heavy (non-hydrogen) atoms. The van der Waals surface area contributed by atoms with Gasteiger partial charge in [-0.05, 0) is 36.5 Å². The van der Waals surface area contributed by atoms with Crippen molar-refractivity contribution in [1.29, 1.82) is 0 Å². The van der Waals surface area contributed by atoms with Crippen molar-refractivity contribution in [2.24, 2.45) is 5.92 Å². The number of nitrogens with one attached hydrogen (secondary N) is 1. The number of carbonyl (C=O) groups excluding carboxylic acids is 2. The van der Waals surface area contributed by atoms with Gasteiger partial charge in [0.25, 0.3) is 0 Å². The van der Waals surface area contributed by atoms with E-state index < -0.39 is 5.97 Å². The fraction of sp³-hybridized carbons (Fsp3) is 0.286. The summed E-state index contributed by atoms with van der Waals surface area (Å²) in [5, 5.41) is 2.80. The van der Waals surface area contributed by atoms with Crippen LogP contribution in [-0.2, 0) is 9.53 Å². The second-order valence-electron chi connectivity index (χ2n) is 4.71. The van der Waals surface area contributed by atoms with E-state index in [1.54, 1.807) is 18.3 Å². The van der Waals surface area contributed by atoms with Crippen LogP contribution in [0.3, 0.4) is 0 Å². The zero-order valence-electron chi connectivity index (χ0n) is 11.3. The maximum absolute atomic E-state index is 12.0. The molecule has 2 aromatic rings. The minimum absolute atomic E-state index is 0.0342. The summed E-state index contributed by atoms with van der Waals surface area (Å²) in [4.78, 5) is 28.3. The molecular formula is C14H13N3O3S. The molecule has 0 bridgehead atoms. The fourth-order valence-corrected chi connectivity index (χ4v) is 2.65. The summed E-state index contributed by atoms with van der Waals surface area (Å²) in [5.74, 6) is -0.565. The number of aromatic nitrogens is 2. The molecule has 0 unspecified atom stereocenters. The highest BCUT2D eigenvalue weighted by molar-refractivity contribution is 7.09. The van der Waals surface area contributed by atoms with Gasteiger partial charge in [0.15, 0.2) is 4.88 Å². The third kappa shape index (κ3) is 2.78. The molecule has 1 fully saturated rings. The van der Waals surface area contributed by atoms with E-state index in [9.17, 15) is 9.59 Å². The summed E-state index contributed by atoms with van der Waals surface area (Å²) in [6, 6.07) is 5.40. The highest BCUT2D eigenvalue weighted by Gasteiger charge is 2.32. The number of amides is 1. The second kappa shape index (κ2) is 5.61. The molecule has 2 aromatic heterocycles. The van der Waals surface area contributed by atoms with E-state index >= 15 is 0 Å². The maximum atomic E-state index is 12.0. The van der Waals surface area contributed by atoms with Crippen molar-refractivity contribution < 1.29 is 14.3 Å². The summed E-state index contributed by atoms with van der Waals surface area (Å²) >= 11 is 0.999. The Morgan fingerprint density at radius 2 is 2.19 bits per heavy atom. The smallest absolute Gasteiger partial charge is 0.351 e. The number of methoxy groups -OCH3 is 1. The van der Waals surface area contributed by atoms with Gasteiger partial charge in [-0.25, -0.2) is 4.79 Å². The minimum Gasteiger partial charge on any atom is -0.465 e. The van der Waals surface area contributed by atoms with E-state index in [0.717, 1.165) is 24.4 Å². The van der Waals surface area contributed by atoms with Gasteiger partial charge in [-0.2, -0.15) is 4.37 Å². The molecule has 3 rings (SSSR count). The van der Waals surface area contributed by atoms with Crippen molar-refractivity contribution in [3.8, 4) is 11.4 Å². The Morgan fingerprint density at radius 1 is 1.38 bits per heavy atom. The van der Waals surface area contributed by atoms with Crippen molar-refractivity contribution in [1.82, 2.24) is 9.36 Å². The van der Waals surface area contributed by atoms with Crippen LogP contribution in [-0.4, -0.2) is 28.3 Å². The molecule has 0 spiro atoms. The second-order valence-corrected chi connectivity index (χ2v) is 5.48. The standard InChI is InChI=1S/C14H13N3O3S/c1-20-14(19)12-11(16-13(18)8-5-6-8)10(17-21-12)9-4-2-3-7-15-9/h2-4,7-8H,5-6H2,1H3,(H,16,18). The van der Waals surface area contributed by atoms with Gasteiger partial charge in [0.2, 0.25) is 5.91 Å². The molecule has 0 aromatic carbocycles. The van der Waals surface area contributed by atoms with Crippen molar-refractivity contribution >= 4 is 29.1 Å². The van der Waals surface area contributed by atoms with Crippen molar-refractivity contribution in [3.05, 3.63) is 29.3 Å². The van der Waals surface area contributed by atoms with Crippen LogP contribution in [0.5, 0.6) is 0 Å². The number of pyridine rings is 1. The molecule has 0 aliphatic heterocycles. The normalized spacial score (nSPS) is 13.8. The number of hydrogen-bond acceptors (Lipinski definition) is 6. The zero-order chi connectivity index (χ0) is 14.8. The van der Waals surface area contributed by atoms with E-state index in [2.05, 4.69) is 14.7 Å². The fourth-order valence-electron chi connectivity index (χ4n) is 1.89. The van der Waals surface area contributed by atoms with Crippen molar-refractivity contribution in [2.75, 3.05) is 12.4 Å². The highest BCUT2D eigenvalue weighted by Crippen LogP contribution is 2.36. The number of ether oxygens (including phenoxy) is 1. The molecule has 1 amide bonds. The van der Waals surface area contributed by atoms with Gasteiger partial charge in [-0.1, -0.05) is 6.07 Å².